The summed E-state index contributed by atoms with van der Waals surface area (Å²) in [5.41, 5.74) is 1.47. The van der Waals surface area contributed by atoms with Gasteiger partial charge in [-0.3, -0.25) is 0 Å². The highest BCUT2D eigenvalue weighted by Gasteiger charge is 2.19. The van der Waals surface area contributed by atoms with Crippen molar-refractivity contribution in [3.63, 3.8) is 0 Å². The molecule has 0 aliphatic heterocycles. The molecule has 2 heterocycles. The zero-order valence-corrected chi connectivity index (χ0v) is 10.0. The van der Waals surface area contributed by atoms with Crippen molar-refractivity contribution in [2.24, 2.45) is 0 Å². The van der Waals surface area contributed by atoms with E-state index < -0.39 is 0 Å². The van der Waals surface area contributed by atoms with Crippen LogP contribution in [-0.4, -0.2) is 0 Å². The van der Waals surface area contributed by atoms with Crippen LogP contribution < -0.4 is 0 Å². The van der Waals surface area contributed by atoms with Gasteiger partial charge in [-0.1, -0.05) is 12.8 Å². The van der Waals surface area contributed by atoms with Crippen LogP contribution in [0.4, 0.5) is 0 Å². The van der Waals surface area contributed by atoms with Gasteiger partial charge in [0.15, 0.2) is 0 Å². The molecule has 0 atom stereocenters. The van der Waals surface area contributed by atoms with E-state index in [-0.39, 0.29) is 0 Å². The van der Waals surface area contributed by atoms with Crippen molar-refractivity contribution in [1.29, 1.82) is 0 Å². The molecule has 0 N–H and O–H groups in total. The number of rotatable bonds is 1. The van der Waals surface area contributed by atoms with Crippen molar-refractivity contribution in [1.82, 2.24) is 0 Å². The molecule has 0 saturated heterocycles. The molecule has 0 bridgehead atoms. The lowest BCUT2D eigenvalue weighted by atomic mass is 10.1. The summed E-state index contributed by atoms with van der Waals surface area (Å²) in [5, 5.41) is 2.28. The van der Waals surface area contributed by atoms with E-state index in [0.29, 0.717) is 0 Å². The molecule has 0 amide bonds. The maximum Gasteiger partial charge on any atom is 0.0482 e. The average Bonchev–Trinajstić information content (AvgIpc) is 2.83. The first-order chi connectivity index (χ1) is 6.84. The fourth-order valence-electron chi connectivity index (χ4n) is 2.37. The molecule has 0 nitrogen and oxygen atoms in total. The summed E-state index contributed by atoms with van der Waals surface area (Å²) in [6.07, 6.45) is 5.73. The molecule has 2 heteroatoms. The van der Waals surface area contributed by atoms with Crippen LogP contribution in [0.25, 0.3) is 9.40 Å². The minimum Gasteiger partial charge on any atom is -0.143 e. The molecule has 1 fully saturated rings. The quantitative estimate of drug-likeness (QED) is 0.642. The Morgan fingerprint density at radius 2 is 2.07 bits per heavy atom. The van der Waals surface area contributed by atoms with Gasteiger partial charge in [-0.25, -0.2) is 0 Å². The summed E-state index contributed by atoms with van der Waals surface area (Å²) < 4.78 is 3.05. The third kappa shape index (κ3) is 1.32. The lowest BCUT2D eigenvalue weighted by molar-refractivity contribution is 0.739. The zero-order valence-electron chi connectivity index (χ0n) is 8.38. The normalized spacial score (nSPS) is 18.4. The summed E-state index contributed by atoms with van der Waals surface area (Å²) in [6.45, 7) is 2.23. The molecule has 14 heavy (non-hydrogen) atoms. The van der Waals surface area contributed by atoms with Crippen molar-refractivity contribution >= 4 is 32.1 Å². The standard InChI is InChI=1S/C12H14S2/c1-8-7-13-11-6-10(14-12(8)11)9-4-2-3-5-9/h6-7,9H,2-5H2,1H3. The molecule has 1 saturated carbocycles. The van der Waals surface area contributed by atoms with Crippen LogP contribution in [0.5, 0.6) is 0 Å². The van der Waals surface area contributed by atoms with E-state index in [1.807, 2.05) is 22.7 Å². The maximum absolute atomic E-state index is 2.44. The van der Waals surface area contributed by atoms with Crippen LogP contribution in [-0.2, 0) is 0 Å². The number of aryl methyl sites for hydroxylation is 1. The van der Waals surface area contributed by atoms with E-state index in [2.05, 4.69) is 18.4 Å². The molecule has 0 aromatic carbocycles. The Balaban J connectivity index is 2.05. The Labute approximate surface area is 92.6 Å². The first-order valence-corrected chi connectivity index (χ1v) is 7.02. The lowest BCUT2D eigenvalue weighted by Gasteiger charge is -2.03. The second-order valence-corrected chi connectivity index (χ2v) is 6.24. The lowest BCUT2D eigenvalue weighted by Crippen LogP contribution is -1.85. The molecule has 0 radical (unpaired) electrons. The third-order valence-corrected chi connectivity index (χ3v) is 5.80. The van der Waals surface area contributed by atoms with Crippen molar-refractivity contribution in [2.75, 3.05) is 0 Å². The first-order valence-electron chi connectivity index (χ1n) is 5.32. The number of thiophene rings is 2. The molecular formula is C12H14S2. The predicted molar refractivity (Wildman–Crippen MR) is 65.6 cm³/mol. The van der Waals surface area contributed by atoms with Gasteiger partial charge in [-0.05, 0) is 42.7 Å². The van der Waals surface area contributed by atoms with Crippen molar-refractivity contribution in [3.05, 3.63) is 21.9 Å². The first kappa shape index (κ1) is 8.93. The molecule has 0 spiro atoms. The number of hydrogen-bond donors (Lipinski definition) is 0. The van der Waals surface area contributed by atoms with Crippen molar-refractivity contribution < 1.29 is 0 Å². The number of hydrogen-bond acceptors (Lipinski definition) is 2. The fraction of sp³-hybridized carbons (Fsp3) is 0.500. The summed E-state index contributed by atoms with van der Waals surface area (Å²) in [5.74, 6) is 0.888. The number of fused-ring (bicyclic) bond motifs is 1. The van der Waals surface area contributed by atoms with E-state index in [1.165, 1.54) is 40.6 Å². The van der Waals surface area contributed by atoms with Gasteiger partial charge in [-0.2, -0.15) is 0 Å². The van der Waals surface area contributed by atoms with Crippen LogP contribution in [0.15, 0.2) is 11.4 Å². The van der Waals surface area contributed by atoms with Crippen molar-refractivity contribution in [2.45, 2.75) is 38.5 Å². The SMILES string of the molecule is Cc1csc2cc(C3CCCC3)sc12. The van der Waals surface area contributed by atoms with Gasteiger partial charge in [0.2, 0.25) is 0 Å². The zero-order chi connectivity index (χ0) is 9.54. The monoisotopic (exact) mass is 222 g/mol. The second-order valence-electron chi connectivity index (χ2n) is 4.24. The van der Waals surface area contributed by atoms with E-state index in [1.54, 1.807) is 4.88 Å². The summed E-state index contributed by atoms with van der Waals surface area (Å²) in [7, 11) is 0. The van der Waals surface area contributed by atoms with Crippen molar-refractivity contribution in [3.8, 4) is 0 Å². The van der Waals surface area contributed by atoms with Gasteiger partial charge >= 0.3 is 0 Å². The van der Waals surface area contributed by atoms with Gasteiger partial charge in [0.1, 0.15) is 0 Å². The summed E-state index contributed by atoms with van der Waals surface area (Å²) >= 11 is 3.94. The Morgan fingerprint density at radius 3 is 2.79 bits per heavy atom. The fourth-order valence-corrected chi connectivity index (χ4v) is 4.87. The highest BCUT2D eigenvalue weighted by atomic mass is 32.1. The minimum atomic E-state index is 0.888. The maximum atomic E-state index is 2.44. The molecule has 1 aliphatic carbocycles. The van der Waals surface area contributed by atoms with Crippen LogP contribution >= 0.6 is 22.7 Å². The highest BCUT2D eigenvalue weighted by Crippen LogP contribution is 2.42. The summed E-state index contributed by atoms with van der Waals surface area (Å²) in [6, 6.07) is 2.44. The Hall–Kier alpha value is -0.340. The Bertz CT molecular complexity index is 444. The van der Waals surface area contributed by atoms with E-state index in [9.17, 15) is 0 Å². The van der Waals surface area contributed by atoms with Crippen LogP contribution in [0, 0.1) is 6.92 Å². The van der Waals surface area contributed by atoms with Crippen LogP contribution in [0.2, 0.25) is 0 Å². The largest absolute Gasteiger partial charge is 0.143 e. The predicted octanol–water partition coefficient (Wildman–Crippen LogP) is 4.93. The Kier molecular flexibility index (Phi) is 2.14. The minimum absolute atomic E-state index is 0.888. The average molecular weight is 222 g/mol. The van der Waals surface area contributed by atoms with E-state index >= 15 is 0 Å². The Morgan fingerprint density at radius 1 is 1.29 bits per heavy atom. The molecule has 2 aromatic rings. The molecule has 2 aromatic heterocycles. The van der Waals surface area contributed by atoms with Gasteiger partial charge in [0.25, 0.3) is 0 Å². The van der Waals surface area contributed by atoms with Gasteiger partial charge in [-0.15, -0.1) is 22.7 Å². The van der Waals surface area contributed by atoms with Gasteiger partial charge < -0.3 is 0 Å². The molecule has 0 unspecified atom stereocenters. The second kappa shape index (κ2) is 3.35. The van der Waals surface area contributed by atoms with Gasteiger partial charge in [0.05, 0.1) is 0 Å². The smallest absolute Gasteiger partial charge is 0.0482 e. The molecular weight excluding hydrogens is 208 g/mol. The summed E-state index contributed by atoms with van der Waals surface area (Å²) in [4.78, 5) is 1.65. The topological polar surface area (TPSA) is 0 Å². The molecule has 74 valence electrons. The van der Waals surface area contributed by atoms with Gasteiger partial charge in [0, 0.05) is 14.3 Å². The van der Waals surface area contributed by atoms with Crippen LogP contribution in [0.1, 0.15) is 42.0 Å². The highest BCUT2D eigenvalue weighted by molar-refractivity contribution is 7.27. The third-order valence-electron chi connectivity index (χ3n) is 3.20. The molecule has 1 aliphatic rings. The molecule has 3 rings (SSSR count). The van der Waals surface area contributed by atoms with E-state index in [4.69, 9.17) is 0 Å². The van der Waals surface area contributed by atoms with E-state index in [0.717, 1.165) is 5.92 Å². The van der Waals surface area contributed by atoms with Crippen LogP contribution in [0.3, 0.4) is 0 Å².